The topological polar surface area (TPSA) is 64.6 Å². The number of imide groups is 1. The third-order valence-corrected chi connectivity index (χ3v) is 3.28. The van der Waals surface area contributed by atoms with E-state index >= 15 is 0 Å². The van der Waals surface area contributed by atoms with Gasteiger partial charge in [-0.3, -0.25) is 14.9 Å². The predicted molar refractivity (Wildman–Crippen MR) is 56.4 cm³/mol. The maximum Gasteiger partial charge on any atom is 0.259 e. The standard InChI is InChI=1S/C10H7NO4S/c12-7-3-5(10(13)11-7)9-8-6(4-16-9)14-1-2-15-8/h3-4H,1-2H2,(H,11,12,13). The average molecular weight is 237 g/mol. The molecule has 16 heavy (non-hydrogen) atoms. The van der Waals surface area contributed by atoms with Crippen molar-refractivity contribution in [2.45, 2.75) is 0 Å². The zero-order valence-corrected chi connectivity index (χ0v) is 8.93. The molecule has 0 radical (unpaired) electrons. The van der Waals surface area contributed by atoms with E-state index in [9.17, 15) is 9.59 Å². The van der Waals surface area contributed by atoms with Gasteiger partial charge in [-0.2, -0.15) is 0 Å². The van der Waals surface area contributed by atoms with Gasteiger partial charge in [-0.1, -0.05) is 0 Å². The summed E-state index contributed by atoms with van der Waals surface area (Å²) < 4.78 is 10.8. The Kier molecular flexibility index (Phi) is 1.97. The number of nitrogens with one attached hydrogen (secondary N) is 1. The SMILES string of the molecule is O=C1C=C(c2scc3c2OCCO3)C(=O)N1. The van der Waals surface area contributed by atoms with Gasteiger partial charge in [0.2, 0.25) is 0 Å². The van der Waals surface area contributed by atoms with Crippen molar-refractivity contribution in [3.63, 3.8) is 0 Å². The number of carbonyl (C=O) groups excluding carboxylic acids is 2. The summed E-state index contributed by atoms with van der Waals surface area (Å²) in [6, 6.07) is 0. The first-order valence-corrected chi connectivity index (χ1v) is 5.58. The van der Waals surface area contributed by atoms with Gasteiger partial charge >= 0.3 is 0 Å². The van der Waals surface area contributed by atoms with E-state index in [4.69, 9.17) is 9.47 Å². The first kappa shape index (κ1) is 9.41. The van der Waals surface area contributed by atoms with Gasteiger partial charge in [0.1, 0.15) is 13.2 Å². The van der Waals surface area contributed by atoms with Crippen LogP contribution in [0.15, 0.2) is 11.5 Å². The van der Waals surface area contributed by atoms with Crippen molar-refractivity contribution in [3.05, 3.63) is 16.3 Å². The van der Waals surface area contributed by atoms with E-state index in [1.54, 1.807) is 5.38 Å². The van der Waals surface area contributed by atoms with Crippen LogP contribution in [-0.4, -0.2) is 25.0 Å². The number of fused-ring (bicyclic) bond motifs is 1. The molecule has 1 N–H and O–H groups in total. The van der Waals surface area contributed by atoms with Crippen molar-refractivity contribution in [1.29, 1.82) is 0 Å². The van der Waals surface area contributed by atoms with Crippen LogP contribution >= 0.6 is 11.3 Å². The maximum absolute atomic E-state index is 11.5. The van der Waals surface area contributed by atoms with Gasteiger partial charge in [-0.15, -0.1) is 11.3 Å². The van der Waals surface area contributed by atoms with E-state index in [0.717, 1.165) is 0 Å². The lowest BCUT2D eigenvalue weighted by Crippen LogP contribution is -2.22. The van der Waals surface area contributed by atoms with E-state index in [0.29, 0.717) is 35.2 Å². The molecule has 0 saturated carbocycles. The third-order valence-electron chi connectivity index (χ3n) is 2.30. The highest BCUT2D eigenvalue weighted by Crippen LogP contribution is 2.43. The highest BCUT2D eigenvalue weighted by atomic mass is 32.1. The summed E-state index contributed by atoms with van der Waals surface area (Å²) in [4.78, 5) is 23.2. The van der Waals surface area contributed by atoms with E-state index in [1.165, 1.54) is 17.4 Å². The summed E-state index contributed by atoms with van der Waals surface area (Å²) in [6.07, 6.45) is 1.28. The third kappa shape index (κ3) is 1.30. The van der Waals surface area contributed by atoms with Crippen molar-refractivity contribution < 1.29 is 19.1 Å². The molecular weight excluding hydrogens is 230 g/mol. The van der Waals surface area contributed by atoms with Gasteiger partial charge in [0.05, 0.1) is 10.5 Å². The normalized spacial score (nSPS) is 18.4. The van der Waals surface area contributed by atoms with Crippen LogP contribution in [0.25, 0.3) is 5.57 Å². The Bertz CT molecular complexity index is 517. The number of thiophene rings is 1. The van der Waals surface area contributed by atoms with Crippen molar-refractivity contribution in [1.82, 2.24) is 5.32 Å². The molecule has 2 amide bonds. The lowest BCUT2D eigenvalue weighted by atomic mass is 10.2. The van der Waals surface area contributed by atoms with Crippen LogP contribution in [0, 0.1) is 0 Å². The first-order valence-electron chi connectivity index (χ1n) is 4.70. The highest BCUT2D eigenvalue weighted by molar-refractivity contribution is 7.12. The van der Waals surface area contributed by atoms with Crippen molar-refractivity contribution in [2.75, 3.05) is 13.2 Å². The Morgan fingerprint density at radius 3 is 2.81 bits per heavy atom. The minimum Gasteiger partial charge on any atom is -0.485 e. The number of carbonyl (C=O) groups is 2. The smallest absolute Gasteiger partial charge is 0.259 e. The molecule has 2 aliphatic rings. The van der Waals surface area contributed by atoms with Gasteiger partial charge in [0.25, 0.3) is 11.8 Å². The van der Waals surface area contributed by atoms with Gasteiger partial charge in [-0.25, -0.2) is 0 Å². The van der Waals surface area contributed by atoms with Crippen LogP contribution in [0.2, 0.25) is 0 Å². The van der Waals surface area contributed by atoms with Crippen LogP contribution in [0.4, 0.5) is 0 Å². The second-order valence-electron chi connectivity index (χ2n) is 3.33. The molecule has 1 aromatic heterocycles. The molecule has 0 aliphatic carbocycles. The maximum atomic E-state index is 11.5. The van der Waals surface area contributed by atoms with Crippen molar-refractivity contribution in [3.8, 4) is 11.5 Å². The lowest BCUT2D eigenvalue weighted by molar-refractivity contribution is -0.123. The number of hydrogen-bond donors (Lipinski definition) is 1. The Hall–Kier alpha value is -1.82. The van der Waals surface area contributed by atoms with E-state index in [1.807, 2.05) is 0 Å². The quantitative estimate of drug-likeness (QED) is 0.725. The van der Waals surface area contributed by atoms with E-state index in [-0.39, 0.29) is 11.8 Å². The molecule has 5 nitrogen and oxygen atoms in total. The summed E-state index contributed by atoms with van der Waals surface area (Å²) in [5.41, 5.74) is 0.349. The van der Waals surface area contributed by atoms with Gasteiger partial charge < -0.3 is 9.47 Å². The van der Waals surface area contributed by atoms with Gasteiger partial charge in [-0.05, 0) is 0 Å². The molecule has 1 aromatic rings. The minimum atomic E-state index is -0.390. The molecule has 6 heteroatoms. The zero-order chi connectivity index (χ0) is 11.1. The van der Waals surface area contributed by atoms with Crippen LogP contribution in [-0.2, 0) is 9.59 Å². The molecule has 0 unspecified atom stereocenters. The molecule has 82 valence electrons. The summed E-state index contributed by atoms with van der Waals surface area (Å²) >= 11 is 1.34. The Morgan fingerprint density at radius 2 is 2.06 bits per heavy atom. The summed E-state index contributed by atoms with van der Waals surface area (Å²) in [5, 5.41) is 3.98. The molecule has 0 fully saturated rings. The Balaban J connectivity index is 2.07. The molecule has 0 saturated heterocycles. The zero-order valence-electron chi connectivity index (χ0n) is 8.11. The van der Waals surface area contributed by atoms with E-state index < -0.39 is 0 Å². The second kappa shape index (κ2) is 3.34. The first-order chi connectivity index (χ1) is 7.75. The fourth-order valence-corrected chi connectivity index (χ4v) is 2.57. The van der Waals surface area contributed by atoms with Crippen molar-refractivity contribution >= 4 is 28.7 Å². The second-order valence-corrected chi connectivity index (χ2v) is 4.21. The fourth-order valence-electron chi connectivity index (χ4n) is 1.63. The van der Waals surface area contributed by atoms with Gasteiger partial charge in [0.15, 0.2) is 11.5 Å². The monoisotopic (exact) mass is 237 g/mol. The summed E-state index contributed by atoms with van der Waals surface area (Å²) in [6.45, 7) is 0.965. The predicted octanol–water partition coefficient (Wildman–Crippen LogP) is 0.559. The molecule has 3 heterocycles. The molecule has 0 aromatic carbocycles. The number of hydrogen-bond acceptors (Lipinski definition) is 5. The van der Waals surface area contributed by atoms with Crippen LogP contribution < -0.4 is 14.8 Å². The van der Waals surface area contributed by atoms with Gasteiger partial charge in [0, 0.05) is 11.5 Å². The number of rotatable bonds is 1. The van der Waals surface area contributed by atoms with Crippen LogP contribution in [0.1, 0.15) is 4.88 Å². The molecule has 0 bridgehead atoms. The minimum absolute atomic E-state index is 0.349. The van der Waals surface area contributed by atoms with E-state index in [2.05, 4.69) is 5.32 Å². The lowest BCUT2D eigenvalue weighted by Gasteiger charge is -2.15. The van der Waals surface area contributed by atoms with Crippen LogP contribution in [0.5, 0.6) is 11.5 Å². The Labute approximate surface area is 94.7 Å². The number of amides is 2. The highest BCUT2D eigenvalue weighted by Gasteiger charge is 2.29. The molecular formula is C10H7NO4S. The number of ether oxygens (including phenoxy) is 2. The summed E-state index contributed by atoms with van der Waals surface area (Å²) in [7, 11) is 0. The molecule has 0 spiro atoms. The molecule has 2 aliphatic heterocycles. The molecule has 0 atom stereocenters. The Morgan fingerprint density at radius 1 is 1.25 bits per heavy atom. The van der Waals surface area contributed by atoms with Crippen molar-refractivity contribution in [2.24, 2.45) is 0 Å². The average Bonchev–Trinajstić information content (AvgIpc) is 2.81. The molecule has 3 rings (SSSR count). The fraction of sp³-hybridized carbons (Fsp3) is 0.200. The largest absolute Gasteiger partial charge is 0.485 e. The summed E-state index contributed by atoms with van der Waals surface area (Å²) in [5.74, 6) is 0.425. The van der Waals surface area contributed by atoms with Crippen LogP contribution in [0.3, 0.4) is 0 Å².